The van der Waals surface area contributed by atoms with Crippen LogP contribution in [0.4, 0.5) is 17.1 Å². The first-order chi connectivity index (χ1) is 17.0. The molecular formula is C27H32N6O2. The number of hydrogen-bond donors (Lipinski definition) is 2. The van der Waals surface area contributed by atoms with Crippen molar-refractivity contribution in [1.82, 2.24) is 20.1 Å². The fraction of sp³-hybridized carbons (Fsp3) is 0.407. The van der Waals surface area contributed by atoms with Crippen LogP contribution in [0.5, 0.6) is 0 Å². The number of nitrogens with one attached hydrogen (secondary N) is 2. The van der Waals surface area contributed by atoms with E-state index in [1.807, 2.05) is 37.5 Å². The van der Waals surface area contributed by atoms with Crippen LogP contribution in [0.2, 0.25) is 0 Å². The lowest BCUT2D eigenvalue weighted by molar-refractivity contribution is -0.118. The number of rotatable bonds is 7. The predicted molar refractivity (Wildman–Crippen MR) is 136 cm³/mol. The highest BCUT2D eigenvalue weighted by Crippen LogP contribution is 2.35. The summed E-state index contributed by atoms with van der Waals surface area (Å²) in [4.78, 5) is 33.0. The maximum Gasteiger partial charge on any atom is 0.252 e. The van der Waals surface area contributed by atoms with Gasteiger partial charge in [0.05, 0.1) is 23.8 Å². The Balaban J connectivity index is 1.34. The number of benzene rings is 1. The maximum absolute atomic E-state index is 13.3. The molecule has 0 radical (unpaired) electrons. The Bertz CT molecular complexity index is 1230. The Labute approximate surface area is 205 Å². The quantitative estimate of drug-likeness (QED) is 0.539. The number of carbonyl (C=O) groups is 2. The minimum absolute atomic E-state index is 0.202. The van der Waals surface area contributed by atoms with E-state index in [-0.39, 0.29) is 11.8 Å². The molecule has 2 aromatic heterocycles. The van der Waals surface area contributed by atoms with Crippen molar-refractivity contribution in [2.75, 3.05) is 16.8 Å². The SMILES string of the molecule is Cc1cncc(N2CCc3ccc(C(=O)N[C@@H](CC4CCCC4)C(=O)Nc4cnn(C)c4)cc32)c1. The molecule has 0 bridgehead atoms. The van der Waals surface area contributed by atoms with Gasteiger partial charge >= 0.3 is 0 Å². The highest BCUT2D eigenvalue weighted by molar-refractivity contribution is 6.01. The summed E-state index contributed by atoms with van der Waals surface area (Å²) >= 11 is 0. The zero-order valence-electron chi connectivity index (χ0n) is 20.3. The van der Waals surface area contributed by atoms with Gasteiger partial charge in [0.2, 0.25) is 5.91 Å². The van der Waals surface area contributed by atoms with E-state index in [1.165, 1.54) is 18.4 Å². The summed E-state index contributed by atoms with van der Waals surface area (Å²) in [5, 5.41) is 10.1. The molecule has 0 unspecified atom stereocenters. The molecule has 0 spiro atoms. The normalized spacial score (nSPS) is 16.2. The topological polar surface area (TPSA) is 92.2 Å². The third kappa shape index (κ3) is 5.21. The van der Waals surface area contributed by atoms with Gasteiger partial charge in [0.15, 0.2) is 0 Å². The third-order valence-corrected chi connectivity index (χ3v) is 7.05. The molecule has 1 fully saturated rings. The number of pyridine rings is 1. The summed E-state index contributed by atoms with van der Waals surface area (Å²) in [5.74, 6) is 0.0162. The van der Waals surface area contributed by atoms with Crippen molar-refractivity contribution in [2.45, 2.75) is 51.5 Å². The average molecular weight is 473 g/mol. The van der Waals surface area contributed by atoms with Gasteiger partial charge in [-0.25, -0.2) is 0 Å². The fourth-order valence-corrected chi connectivity index (χ4v) is 5.24. The van der Waals surface area contributed by atoms with Crippen LogP contribution in [0.25, 0.3) is 0 Å². The minimum atomic E-state index is -0.601. The number of aryl methyl sites for hydroxylation is 2. The first kappa shape index (κ1) is 23.1. The lowest BCUT2D eigenvalue weighted by Crippen LogP contribution is -2.44. The summed E-state index contributed by atoms with van der Waals surface area (Å²) in [6.45, 7) is 2.88. The van der Waals surface area contributed by atoms with Crippen molar-refractivity contribution in [3.05, 3.63) is 65.7 Å². The van der Waals surface area contributed by atoms with Gasteiger partial charge in [-0.05, 0) is 55.0 Å². The van der Waals surface area contributed by atoms with Gasteiger partial charge in [0, 0.05) is 37.2 Å². The van der Waals surface area contributed by atoms with Crippen LogP contribution in [0, 0.1) is 12.8 Å². The first-order valence-corrected chi connectivity index (χ1v) is 12.4. The molecule has 2 aliphatic rings. The van der Waals surface area contributed by atoms with Gasteiger partial charge in [-0.3, -0.25) is 19.3 Å². The lowest BCUT2D eigenvalue weighted by atomic mass is 9.97. The number of fused-ring (bicyclic) bond motifs is 1. The van der Waals surface area contributed by atoms with Crippen LogP contribution in [0.3, 0.4) is 0 Å². The predicted octanol–water partition coefficient (Wildman–Crippen LogP) is 4.14. The molecule has 2 N–H and O–H groups in total. The van der Waals surface area contributed by atoms with Crippen LogP contribution in [0.1, 0.15) is 53.6 Å². The van der Waals surface area contributed by atoms with E-state index in [0.29, 0.717) is 23.6 Å². The summed E-state index contributed by atoms with van der Waals surface area (Å²) < 4.78 is 1.64. The molecule has 1 aliphatic heterocycles. The Morgan fingerprint density at radius 2 is 1.97 bits per heavy atom. The molecule has 3 aromatic rings. The zero-order chi connectivity index (χ0) is 24.4. The van der Waals surface area contributed by atoms with Gasteiger partial charge < -0.3 is 15.5 Å². The molecule has 8 nitrogen and oxygen atoms in total. The highest BCUT2D eigenvalue weighted by atomic mass is 16.2. The molecule has 1 atom stereocenters. The number of hydrogen-bond acceptors (Lipinski definition) is 5. The minimum Gasteiger partial charge on any atom is -0.340 e. The van der Waals surface area contributed by atoms with Crippen molar-refractivity contribution in [2.24, 2.45) is 13.0 Å². The Morgan fingerprint density at radius 1 is 1.14 bits per heavy atom. The van der Waals surface area contributed by atoms with E-state index in [9.17, 15) is 9.59 Å². The van der Waals surface area contributed by atoms with Crippen molar-refractivity contribution >= 4 is 28.9 Å². The summed E-state index contributed by atoms with van der Waals surface area (Å²) in [6, 6.07) is 7.32. The fourth-order valence-electron chi connectivity index (χ4n) is 5.24. The number of carbonyl (C=O) groups excluding carboxylic acids is 2. The largest absolute Gasteiger partial charge is 0.340 e. The van der Waals surface area contributed by atoms with E-state index < -0.39 is 6.04 Å². The highest BCUT2D eigenvalue weighted by Gasteiger charge is 2.28. The Hall–Kier alpha value is -3.68. The molecule has 1 saturated carbocycles. The molecule has 1 aromatic carbocycles. The third-order valence-electron chi connectivity index (χ3n) is 7.05. The summed E-state index contributed by atoms with van der Waals surface area (Å²) in [7, 11) is 1.80. The van der Waals surface area contributed by atoms with Crippen LogP contribution in [-0.4, -0.2) is 39.2 Å². The molecule has 1 aliphatic carbocycles. The number of nitrogens with zero attached hydrogens (tertiary/aromatic N) is 4. The first-order valence-electron chi connectivity index (χ1n) is 12.4. The van der Waals surface area contributed by atoms with Crippen LogP contribution in [0.15, 0.2) is 49.1 Å². The van der Waals surface area contributed by atoms with Crippen LogP contribution >= 0.6 is 0 Å². The lowest BCUT2D eigenvalue weighted by Gasteiger charge is -2.22. The van der Waals surface area contributed by atoms with E-state index >= 15 is 0 Å². The molecule has 8 heteroatoms. The molecule has 182 valence electrons. The smallest absolute Gasteiger partial charge is 0.252 e. The Kier molecular flexibility index (Phi) is 6.53. The Morgan fingerprint density at radius 3 is 2.71 bits per heavy atom. The zero-order valence-corrected chi connectivity index (χ0v) is 20.3. The number of amides is 2. The maximum atomic E-state index is 13.3. The van der Waals surface area contributed by atoms with Crippen molar-refractivity contribution in [1.29, 1.82) is 0 Å². The standard InChI is InChI=1S/C27H32N6O2/c1-18-11-23(16-28-14-18)33-10-9-20-7-8-21(13-25(20)33)26(34)31-24(12-19-5-3-4-6-19)27(35)30-22-15-29-32(2)17-22/h7-8,11,13-17,19,24H,3-6,9-10,12H2,1-2H3,(H,30,35)(H,31,34)/t24-/m0/s1. The van der Waals surface area contributed by atoms with Gasteiger partial charge in [0.25, 0.3) is 5.91 Å². The molecule has 0 saturated heterocycles. The summed E-state index contributed by atoms with van der Waals surface area (Å²) in [5.41, 5.74) is 5.54. The van der Waals surface area contributed by atoms with Crippen LogP contribution in [-0.2, 0) is 18.3 Å². The second-order valence-corrected chi connectivity index (χ2v) is 9.77. The van der Waals surface area contributed by atoms with Gasteiger partial charge in [-0.1, -0.05) is 31.7 Å². The van der Waals surface area contributed by atoms with E-state index in [2.05, 4.69) is 31.7 Å². The van der Waals surface area contributed by atoms with Gasteiger partial charge in [-0.2, -0.15) is 5.10 Å². The second kappa shape index (κ2) is 9.90. The molecule has 35 heavy (non-hydrogen) atoms. The van der Waals surface area contributed by atoms with Crippen molar-refractivity contribution in [3.63, 3.8) is 0 Å². The van der Waals surface area contributed by atoms with E-state index in [1.54, 1.807) is 24.1 Å². The van der Waals surface area contributed by atoms with E-state index in [0.717, 1.165) is 42.7 Å². The average Bonchev–Trinajstić information content (AvgIpc) is 3.59. The second-order valence-electron chi connectivity index (χ2n) is 9.77. The van der Waals surface area contributed by atoms with Gasteiger partial charge in [-0.15, -0.1) is 0 Å². The van der Waals surface area contributed by atoms with Crippen molar-refractivity contribution < 1.29 is 9.59 Å². The van der Waals surface area contributed by atoms with Crippen molar-refractivity contribution in [3.8, 4) is 0 Å². The van der Waals surface area contributed by atoms with E-state index in [4.69, 9.17) is 0 Å². The molecule has 3 heterocycles. The number of anilines is 3. The molecular weight excluding hydrogens is 440 g/mol. The van der Waals surface area contributed by atoms with Crippen LogP contribution < -0.4 is 15.5 Å². The molecule has 2 amide bonds. The summed E-state index contributed by atoms with van der Waals surface area (Å²) in [6.07, 6.45) is 13.2. The molecule has 5 rings (SSSR count). The van der Waals surface area contributed by atoms with Gasteiger partial charge in [0.1, 0.15) is 6.04 Å². The number of aromatic nitrogens is 3. The monoisotopic (exact) mass is 472 g/mol.